The Balaban J connectivity index is 2.12. The van der Waals surface area contributed by atoms with Crippen LogP contribution >= 0.6 is 0 Å². The van der Waals surface area contributed by atoms with Gasteiger partial charge in [-0.15, -0.1) is 0 Å². The van der Waals surface area contributed by atoms with Crippen molar-refractivity contribution in [3.63, 3.8) is 0 Å². The topological polar surface area (TPSA) is 29.5 Å². The molecule has 1 amide bonds. The van der Waals surface area contributed by atoms with E-state index in [1.54, 1.807) is 6.92 Å². The Morgan fingerprint density at radius 3 is 2.47 bits per heavy atom. The second kappa shape index (κ2) is 6.11. The van der Waals surface area contributed by atoms with Gasteiger partial charge < -0.3 is 9.64 Å². The van der Waals surface area contributed by atoms with Crippen molar-refractivity contribution in [2.45, 2.75) is 33.6 Å². The summed E-state index contributed by atoms with van der Waals surface area (Å²) in [4.78, 5) is 13.0. The molecule has 1 aliphatic heterocycles. The Hall–Kier alpha value is -0.570. The lowest BCUT2D eigenvalue weighted by atomic mass is 9.98. The molecule has 3 nitrogen and oxygen atoms in total. The fourth-order valence-corrected chi connectivity index (χ4v) is 1.88. The van der Waals surface area contributed by atoms with Crippen LogP contribution in [0.25, 0.3) is 0 Å². The third-order valence-electron chi connectivity index (χ3n) is 2.86. The predicted molar refractivity (Wildman–Crippen MR) is 60.6 cm³/mol. The van der Waals surface area contributed by atoms with Crippen LogP contribution < -0.4 is 0 Å². The van der Waals surface area contributed by atoms with E-state index in [0.717, 1.165) is 39.1 Å². The third-order valence-corrected chi connectivity index (χ3v) is 2.86. The number of ether oxygens (including phenoxy) is 1. The highest BCUT2D eigenvalue weighted by atomic mass is 16.5. The summed E-state index contributed by atoms with van der Waals surface area (Å²) >= 11 is 0. The molecule has 88 valence electrons. The van der Waals surface area contributed by atoms with E-state index in [2.05, 4.69) is 13.8 Å². The maximum atomic E-state index is 11.1. The molecule has 15 heavy (non-hydrogen) atoms. The zero-order valence-electron chi connectivity index (χ0n) is 10.2. The van der Waals surface area contributed by atoms with Gasteiger partial charge in [0.2, 0.25) is 5.91 Å². The van der Waals surface area contributed by atoms with E-state index < -0.39 is 0 Å². The van der Waals surface area contributed by atoms with Crippen LogP contribution in [-0.2, 0) is 9.53 Å². The van der Waals surface area contributed by atoms with Gasteiger partial charge in [0.25, 0.3) is 0 Å². The third kappa shape index (κ3) is 4.65. The second-order valence-electron chi connectivity index (χ2n) is 4.88. The first kappa shape index (κ1) is 12.5. The number of nitrogens with zero attached hydrogens (tertiary/aromatic N) is 1. The average molecular weight is 213 g/mol. The van der Waals surface area contributed by atoms with E-state index in [1.807, 2.05) is 4.90 Å². The highest BCUT2D eigenvalue weighted by Crippen LogP contribution is 2.17. The summed E-state index contributed by atoms with van der Waals surface area (Å²) < 4.78 is 5.63. The van der Waals surface area contributed by atoms with E-state index in [-0.39, 0.29) is 5.91 Å². The van der Waals surface area contributed by atoms with E-state index in [1.165, 1.54) is 0 Å². The summed E-state index contributed by atoms with van der Waals surface area (Å²) in [5.74, 6) is 1.47. The molecule has 0 aliphatic carbocycles. The molecule has 0 aromatic carbocycles. The van der Waals surface area contributed by atoms with Crippen LogP contribution in [-0.4, -0.2) is 37.1 Å². The molecular weight excluding hydrogens is 190 g/mol. The molecule has 0 radical (unpaired) electrons. The molecule has 0 spiro atoms. The Morgan fingerprint density at radius 2 is 2.00 bits per heavy atom. The molecule has 0 aromatic heterocycles. The number of piperidine rings is 1. The number of amides is 1. The SMILES string of the molecule is CC(=O)N1CCC(COCC(C)C)CC1. The van der Waals surface area contributed by atoms with Gasteiger partial charge in [-0.1, -0.05) is 13.8 Å². The van der Waals surface area contributed by atoms with Crippen LogP contribution in [0.3, 0.4) is 0 Å². The molecule has 0 N–H and O–H groups in total. The maximum Gasteiger partial charge on any atom is 0.219 e. The smallest absolute Gasteiger partial charge is 0.219 e. The van der Waals surface area contributed by atoms with E-state index >= 15 is 0 Å². The molecule has 1 heterocycles. The summed E-state index contributed by atoms with van der Waals surface area (Å²) in [6.07, 6.45) is 2.19. The average Bonchev–Trinajstić information content (AvgIpc) is 2.18. The van der Waals surface area contributed by atoms with Crippen molar-refractivity contribution in [1.82, 2.24) is 4.90 Å². The van der Waals surface area contributed by atoms with Gasteiger partial charge in [-0.3, -0.25) is 4.79 Å². The minimum atomic E-state index is 0.205. The maximum absolute atomic E-state index is 11.1. The number of rotatable bonds is 4. The molecule has 1 aliphatic rings. The summed E-state index contributed by atoms with van der Waals surface area (Å²) in [7, 11) is 0. The van der Waals surface area contributed by atoms with Crippen molar-refractivity contribution in [3.05, 3.63) is 0 Å². The second-order valence-corrected chi connectivity index (χ2v) is 4.88. The number of hydrogen-bond donors (Lipinski definition) is 0. The highest BCUT2D eigenvalue weighted by molar-refractivity contribution is 5.73. The first-order chi connectivity index (χ1) is 7.09. The van der Waals surface area contributed by atoms with E-state index in [9.17, 15) is 4.79 Å². The number of carbonyl (C=O) groups excluding carboxylic acids is 1. The van der Waals surface area contributed by atoms with Crippen molar-refractivity contribution < 1.29 is 9.53 Å². The molecule has 0 atom stereocenters. The van der Waals surface area contributed by atoms with Gasteiger partial charge in [-0.25, -0.2) is 0 Å². The fraction of sp³-hybridized carbons (Fsp3) is 0.917. The number of hydrogen-bond acceptors (Lipinski definition) is 2. The molecule has 1 saturated heterocycles. The summed E-state index contributed by atoms with van der Waals surface area (Å²) in [5, 5.41) is 0. The van der Waals surface area contributed by atoms with Crippen LogP contribution in [0.4, 0.5) is 0 Å². The molecule has 0 saturated carbocycles. The normalized spacial score (nSPS) is 18.5. The minimum absolute atomic E-state index is 0.205. The van der Waals surface area contributed by atoms with Gasteiger partial charge in [0.05, 0.1) is 0 Å². The van der Waals surface area contributed by atoms with Crippen molar-refractivity contribution in [1.29, 1.82) is 0 Å². The van der Waals surface area contributed by atoms with Gasteiger partial charge in [0, 0.05) is 33.2 Å². The quantitative estimate of drug-likeness (QED) is 0.714. The van der Waals surface area contributed by atoms with Crippen LogP contribution in [0.5, 0.6) is 0 Å². The number of carbonyl (C=O) groups is 1. The van der Waals surface area contributed by atoms with Gasteiger partial charge in [0.1, 0.15) is 0 Å². The molecule has 0 aromatic rings. The highest BCUT2D eigenvalue weighted by Gasteiger charge is 2.20. The Bertz CT molecular complexity index is 196. The van der Waals surface area contributed by atoms with E-state index in [4.69, 9.17) is 4.74 Å². The van der Waals surface area contributed by atoms with Gasteiger partial charge in [0.15, 0.2) is 0 Å². The van der Waals surface area contributed by atoms with Crippen molar-refractivity contribution >= 4 is 5.91 Å². The van der Waals surface area contributed by atoms with Crippen LogP contribution in [0, 0.1) is 11.8 Å². The Kier molecular flexibility index (Phi) is 5.09. The minimum Gasteiger partial charge on any atom is -0.381 e. The van der Waals surface area contributed by atoms with Crippen molar-refractivity contribution in [2.24, 2.45) is 11.8 Å². The van der Waals surface area contributed by atoms with E-state index in [0.29, 0.717) is 11.8 Å². The zero-order valence-corrected chi connectivity index (χ0v) is 10.2. The Morgan fingerprint density at radius 1 is 1.40 bits per heavy atom. The molecule has 0 bridgehead atoms. The van der Waals surface area contributed by atoms with Crippen molar-refractivity contribution in [3.8, 4) is 0 Å². The van der Waals surface area contributed by atoms with Crippen LogP contribution in [0.2, 0.25) is 0 Å². The first-order valence-electron chi connectivity index (χ1n) is 5.93. The standard InChI is InChI=1S/C12H23NO2/c1-10(2)8-15-9-12-4-6-13(7-5-12)11(3)14/h10,12H,4-9H2,1-3H3. The lowest BCUT2D eigenvalue weighted by Crippen LogP contribution is -2.38. The van der Waals surface area contributed by atoms with Gasteiger partial charge >= 0.3 is 0 Å². The molecular formula is C12H23NO2. The summed E-state index contributed by atoms with van der Waals surface area (Å²) in [5.41, 5.74) is 0. The largest absolute Gasteiger partial charge is 0.381 e. The van der Waals surface area contributed by atoms with Crippen LogP contribution in [0.1, 0.15) is 33.6 Å². The molecule has 1 fully saturated rings. The molecule has 3 heteroatoms. The Labute approximate surface area is 92.8 Å². The van der Waals surface area contributed by atoms with Crippen molar-refractivity contribution in [2.75, 3.05) is 26.3 Å². The zero-order chi connectivity index (χ0) is 11.3. The lowest BCUT2D eigenvalue weighted by molar-refractivity contribution is -0.130. The predicted octanol–water partition coefficient (Wildman–Crippen LogP) is 1.92. The summed E-state index contributed by atoms with van der Waals surface area (Å²) in [6.45, 7) is 9.51. The van der Waals surface area contributed by atoms with Crippen LogP contribution in [0.15, 0.2) is 0 Å². The first-order valence-corrected chi connectivity index (χ1v) is 5.93. The van der Waals surface area contributed by atoms with Gasteiger partial charge in [-0.2, -0.15) is 0 Å². The van der Waals surface area contributed by atoms with Gasteiger partial charge in [-0.05, 0) is 24.7 Å². The molecule has 1 rings (SSSR count). The fourth-order valence-electron chi connectivity index (χ4n) is 1.88. The summed E-state index contributed by atoms with van der Waals surface area (Å²) in [6, 6.07) is 0. The monoisotopic (exact) mass is 213 g/mol. The lowest BCUT2D eigenvalue weighted by Gasteiger charge is -2.31. The number of likely N-dealkylation sites (tertiary alicyclic amines) is 1. The molecule has 0 unspecified atom stereocenters.